The molecular weight excluding hydrogens is 251 g/mol. The molecule has 7 heteroatoms. The predicted molar refractivity (Wildman–Crippen MR) is 66.7 cm³/mol. The van der Waals surface area contributed by atoms with Crippen molar-refractivity contribution in [3.05, 3.63) is 42.0 Å². The summed E-state index contributed by atoms with van der Waals surface area (Å²) < 4.78 is 14.5. The summed E-state index contributed by atoms with van der Waals surface area (Å²) in [5.41, 5.74) is 0.659. The third-order valence-corrected chi connectivity index (χ3v) is 2.67. The van der Waals surface area contributed by atoms with Crippen LogP contribution in [0.3, 0.4) is 0 Å². The first-order chi connectivity index (χ1) is 9.06. The van der Waals surface area contributed by atoms with E-state index in [0.29, 0.717) is 13.1 Å². The number of hydrogen-bond acceptors (Lipinski definition) is 4. The Bertz CT molecular complexity index is 585. The number of benzene rings is 1. The third kappa shape index (κ3) is 3.27. The average molecular weight is 264 g/mol. The van der Waals surface area contributed by atoms with Crippen molar-refractivity contribution in [2.24, 2.45) is 0 Å². The van der Waals surface area contributed by atoms with Crippen molar-refractivity contribution >= 4 is 11.7 Å². The molecule has 0 aliphatic rings. The summed E-state index contributed by atoms with van der Waals surface area (Å²) in [4.78, 5) is 12.5. The molecule has 0 saturated carbocycles. The molecule has 0 aliphatic heterocycles. The number of carboxylic acid groups (broad SMARTS) is 1. The molecule has 0 atom stereocenters. The zero-order chi connectivity index (χ0) is 13.8. The van der Waals surface area contributed by atoms with Crippen LogP contribution in [0.2, 0.25) is 0 Å². The van der Waals surface area contributed by atoms with Gasteiger partial charge in [-0.1, -0.05) is 11.3 Å². The zero-order valence-corrected chi connectivity index (χ0v) is 10.3. The fraction of sp³-hybridized carbons (Fsp3) is 0.250. The van der Waals surface area contributed by atoms with Crippen molar-refractivity contribution in [3.8, 4) is 0 Å². The van der Waals surface area contributed by atoms with Gasteiger partial charge in [0.15, 0.2) is 5.69 Å². The van der Waals surface area contributed by atoms with Crippen LogP contribution in [0.15, 0.2) is 30.5 Å². The van der Waals surface area contributed by atoms with Gasteiger partial charge in [-0.25, -0.2) is 13.9 Å². The van der Waals surface area contributed by atoms with Crippen molar-refractivity contribution in [1.82, 2.24) is 15.0 Å². The van der Waals surface area contributed by atoms with Crippen LogP contribution in [-0.2, 0) is 6.54 Å². The fourth-order valence-corrected chi connectivity index (χ4v) is 1.60. The molecule has 0 radical (unpaired) electrons. The van der Waals surface area contributed by atoms with Gasteiger partial charge in [-0.2, -0.15) is 0 Å². The maximum Gasteiger partial charge on any atom is 0.358 e. The first-order valence-electron chi connectivity index (χ1n) is 5.66. The maximum atomic E-state index is 13.1. The molecule has 0 amide bonds. The van der Waals surface area contributed by atoms with Crippen LogP contribution in [0, 0.1) is 5.82 Å². The summed E-state index contributed by atoms with van der Waals surface area (Å²) in [6.45, 7) is 1.03. The normalized spacial score (nSPS) is 10.4. The lowest BCUT2D eigenvalue weighted by Crippen LogP contribution is -2.23. The van der Waals surface area contributed by atoms with E-state index in [1.807, 2.05) is 11.9 Å². The molecule has 1 N–H and O–H groups in total. The highest BCUT2D eigenvalue weighted by molar-refractivity contribution is 5.84. The highest BCUT2D eigenvalue weighted by Gasteiger charge is 2.08. The van der Waals surface area contributed by atoms with E-state index in [1.54, 1.807) is 12.1 Å². The first kappa shape index (κ1) is 13.0. The largest absolute Gasteiger partial charge is 0.476 e. The first-order valence-corrected chi connectivity index (χ1v) is 5.66. The highest BCUT2D eigenvalue weighted by Crippen LogP contribution is 2.13. The van der Waals surface area contributed by atoms with Crippen molar-refractivity contribution < 1.29 is 14.3 Å². The topological polar surface area (TPSA) is 71.2 Å². The van der Waals surface area contributed by atoms with E-state index in [-0.39, 0.29) is 11.5 Å². The Hall–Kier alpha value is -2.44. The number of aromatic nitrogens is 3. The molecule has 6 nitrogen and oxygen atoms in total. The lowest BCUT2D eigenvalue weighted by molar-refractivity contribution is 0.0690. The van der Waals surface area contributed by atoms with Crippen LogP contribution in [-0.4, -0.2) is 39.7 Å². The smallest absolute Gasteiger partial charge is 0.358 e. The van der Waals surface area contributed by atoms with Crippen molar-refractivity contribution in [2.75, 3.05) is 18.5 Å². The van der Waals surface area contributed by atoms with Gasteiger partial charge in [0.1, 0.15) is 5.82 Å². The second-order valence-corrected chi connectivity index (χ2v) is 4.07. The minimum atomic E-state index is -1.11. The predicted octanol–water partition coefficient (Wildman–Crippen LogP) is 1.25. The maximum absolute atomic E-state index is 13.1. The molecule has 1 aromatic heterocycles. The standard InChI is InChI=1S/C12H13FN4O2/c1-16(10-4-2-3-9(13)7-10)5-6-17-8-11(12(18)19)14-15-17/h2-4,7-8H,5-6H2,1H3,(H,18,19). The van der Waals surface area contributed by atoms with Gasteiger partial charge in [-0.05, 0) is 18.2 Å². The van der Waals surface area contributed by atoms with Gasteiger partial charge in [0, 0.05) is 19.3 Å². The molecule has 100 valence electrons. The number of likely N-dealkylation sites (N-methyl/N-ethyl adjacent to an activating group) is 1. The summed E-state index contributed by atoms with van der Waals surface area (Å²) in [6, 6.07) is 6.25. The van der Waals surface area contributed by atoms with Gasteiger partial charge in [0.2, 0.25) is 0 Å². The Balaban J connectivity index is 1.96. The molecule has 2 rings (SSSR count). The number of nitrogens with zero attached hydrogens (tertiary/aromatic N) is 4. The molecule has 1 heterocycles. The number of aromatic carboxylic acids is 1. The van der Waals surface area contributed by atoms with Crippen LogP contribution in [0.1, 0.15) is 10.5 Å². The summed E-state index contributed by atoms with van der Waals surface area (Å²) in [7, 11) is 1.82. The van der Waals surface area contributed by atoms with Crippen molar-refractivity contribution in [1.29, 1.82) is 0 Å². The van der Waals surface area contributed by atoms with E-state index >= 15 is 0 Å². The Kier molecular flexibility index (Phi) is 3.74. The van der Waals surface area contributed by atoms with Crippen LogP contribution in [0.25, 0.3) is 0 Å². The molecular formula is C12H13FN4O2. The van der Waals surface area contributed by atoms with Gasteiger partial charge in [0.25, 0.3) is 0 Å². The Labute approximate surface area is 109 Å². The summed E-state index contributed by atoms with van der Waals surface area (Å²) >= 11 is 0. The number of hydrogen-bond donors (Lipinski definition) is 1. The van der Waals surface area contributed by atoms with E-state index in [0.717, 1.165) is 5.69 Å². The van der Waals surface area contributed by atoms with Crippen molar-refractivity contribution in [3.63, 3.8) is 0 Å². The van der Waals surface area contributed by atoms with E-state index in [9.17, 15) is 9.18 Å². The van der Waals surface area contributed by atoms with Crippen molar-refractivity contribution in [2.45, 2.75) is 6.54 Å². The van der Waals surface area contributed by atoms with Gasteiger partial charge in [-0.3, -0.25) is 0 Å². The zero-order valence-electron chi connectivity index (χ0n) is 10.3. The van der Waals surface area contributed by atoms with Gasteiger partial charge < -0.3 is 10.0 Å². The summed E-state index contributed by atoms with van der Waals surface area (Å²) in [6.07, 6.45) is 1.36. The number of halogens is 1. The number of carboxylic acids is 1. The molecule has 0 fully saturated rings. The molecule has 2 aromatic rings. The number of anilines is 1. The van der Waals surface area contributed by atoms with Crippen LogP contribution in [0.4, 0.5) is 10.1 Å². The number of carbonyl (C=O) groups is 1. The molecule has 19 heavy (non-hydrogen) atoms. The Morgan fingerprint density at radius 1 is 1.53 bits per heavy atom. The van der Waals surface area contributed by atoms with Gasteiger partial charge in [0.05, 0.1) is 12.7 Å². The van der Waals surface area contributed by atoms with E-state index in [4.69, 9.17) is 5.11 Å². The van der Waals surface area contributed by atoms with Gasteiger partial charge >= 0.3 is 5.97 Å². The third-order valence-electron chi connectivity index (χ3n) is 2.67. The lowest BCUT2D eigenvalue weighted by Gasteiger charge is -2.18. The molecule has 0 unspecified atom stereocenters. The molecule has 0 saturated heterocycles. The van der Waals surface area contributed by atoms with E-state index < -0.39 is 5.97 Å². The lowest BCUT2D eigenvalue weighted by atomic mass is 10.3. The second kappa shape index (κ2) is 5.47. The fourth-order valence-electron chi connectivity index (χ4n) is 1.60. The SMILES string of the molecule is CN(CCn1cc(C(=O)O)nn1)c1cccc(F)c1. The van der Waals surface area contributed by atoms with Crippen LogP contribution in [0.5, 0.6) is 0 Å². The second-order valence-electron chi connectivity index (χ2n) is 4.07. The van der Waals surface area contributed by atoms with Crippen LogP contribution < -0.4 is 4.90 Å². The molecule has 0 spiro atoms. The monoisotopic (exact) mass is 264 g/mol. The Morgan fingerprint density at radius 2 is 2.32 bits per heavy atom. The molecule has 0 bridgehead atoms. The summed E-state index contributed by atoms with van der Waals surface area (Å²) in [5, 5.41) is 15.9. The van der Waals surface area contributed by atoms with E-state index in [1.165, 1.54) is 23.0 Å². The summed E-state index contributed by atoms with van der Waals surface area (Å²) in [5.74, 6) is -1.40. The highest BCUT2D eigenvalue weighted by atomic mass is 19.1. The quantitative estimate of drug-likeness (QED) is 0.880. The minimum absolute atomic E-state index is 0.0894. The van der Waals surface area contributed by atoms with E-state index in [2.05, 4.69) is 10.3 Å². The van der Waals surface area contributed by atoms with Crippen LogP contribution >= 0.6 is 0 Å². The average Bonchev–Trinajstić information content (AvgIpc) is 2.85. The molecule has 1 aromatic carbocycles. The number of rotatable bonds is 5. The molecule has 0 aliphatic carbocycles. The Morgan fingerprint density at radius 3 is 2.95 bits per heavy atom. The minimum Gasteiger partial charge on any atom is -0.476 e. The van der Waals surface area contributed by atoms with Gasteiger partial charge in [-0.15, -0.1) is 5.10 Å².